The summed E-state index contributed by atoms with van der Waals surface area (Å²) in [6, 6.07) is 19.1. The van der Waals surface area contributed by atoms with E-state index in [0.29, 0.717) is 24.3 Å². The molecular weight excluding hydrogens is 392 g/mol. The largest absolute Gasteiger partial charge is 0.497 e. The summed E-state index contributed by atoms with van der Waals surface area (Å²) in [5, 5.41) is 8.31. The van der Waals surface area contributed by atoms with Gasteiger partial charge in [0.1, 0.15) is 11.3 Å². The Morgan fingerprint density at radius 2 is 1.74 bits per heavy atom. The fraction of sp³-hybridized carbons (Fsp3) is 0.217. The minimum absolute atomic E-state index is 0.0402. The van der Waals surface area contributed by atoms with Gasteiger partial charge in [0.05, 0.1) is 12.8 Å². The van der Waals surface area contributed by atoms with Crippen LogP contribution in [0.5, 0.6) is 5.75 Å². The van der Waals surface area contributed by atoms with Gasteiger partial charge in [0.15, 0.2) is 5.65 Å². The van der Waals surface area contributed by atoms with Crippen molar-refractivity contribution in [3.63, 3.8) is 0 Å². The first kappa shape index (κ1) is 19.0. The quantitative estimate of drug-likeness (QED) is 0.511. The summed E-state index contributed by atoms with van der Waals surface area (Å²) >= 11 is 0. The van der Waals surface area contributed by atoms with Crippen LogP contribution < -0.4 is 9.64 Å². The normalized spacial score (nSPS) is 14.1. The standard InChI is InChI=1S/C23H22N6O2/c1-31-20-5-2-4-19(16-20)27-12-14-28(15-13-27)23(30)17-7-9-18(10-8-17)29-22-21(25-26-29)6-3-11-24-22/h2-11,16H,12-15H2,1H3. The van der Waals surface area contributed by atoms with Crippen LogP contribution in [0.3, 0.4) is 0 Å². The second-order valence-electron chi connectivity index (χ2n) is 7.37. The number of rotatable bonds is 4. The van der Waals surface area contributed by atoms with Crippen LogP contribution in [0.25, 0.3) is 16.9 Å². The predicted octanol–water partition coefficient (Wildman–Crippen LogP) is 2.79. The van der Waals surface area contributed by atoms with Crippen molar-refractivity contribution in [2.24, 2.45) is 0 Å². The third-order valence-electron chi connectivity index (χ3n) is 5.55. The van der Waals surface area contributed by atoms with E-state index in [1.54, 1.807) is 18.0 Å². The fourth-order valence-electron chi connectivity index (χ4n) is 3.84. The molecule has 0 bridgehead atoms. The van der Waals surface area contributed by atoms with E-state index in [9.17, 15) is 4.79 Å². The van der Waals surface area contributed by atoms with E-state index in [4.69, 9.17) is 4.74 Å². The number of amides is 1. The minimum atomic E-state index is 0.0402. The molecule has 1 aliphatic rings. The highest BCUT2D eigenvalue weighted by Crippen LogP contribution is 2.23. The maximum Gasteiger partial charge on any atom is 0.253 e. The second kappa shape index (κ2) is 8.06. The highest BCUT2D eigenvalue weighted by molar-refractivity contribution is 5.94. The van der Waals surface area contributed by atoms with E-state index in [1.807, 2.05) is 59.5 Å². The van der Waals surface area contributed by atoms with E-state index < -0.39 is 0 Å². The number of fused-ring (bicyclic) bond motifs is 1. The number of aromatic nitrogens is 4. The third kappa shape index (κ3) is 3.68. The van der Waals surface area contributed by atoms with Crippen molar-refractivity contribution in [1.82, 2.24) is 24.9 Å². The first-order valence-corrected chi connectivity index (χ1v) is 10.2. The van der Waals surface area contributed by atoms with E-state index in [-0.39, 0.29) is 5.91 Å². The Morgan fingerprint density at radius 3 is 2.52 bits per heavy atom. The molecule has 2 aromatic heterocycles. The second-order valence-corrected chi connectivity index (χ2v) is 7.37. The van der Waals surface area contributed by atoms with Crippen molar-refractivity contribution in [1.29, 1.82) is 0 Å². The number of piperazine rings is 1. The molecule has 1 fully saturated rings. The van der Waals surface area contributed by atoms with Gasteiger partial charge in [-0.3, -0.25) is 4.79 Å². The van der Waals surface area contributed by atoms with Gasteiger partial charge < -0.3 is 14.5 Å². The number of benzene rings is 2. The van der Waals surface area contributed by atoms with Gasteiger partial charge in [0, 0.05) is 49.7 Å². The van der Waals surface area contributed by atoms with Crippen LogP contribution in [0.15, 0.2) is 66.9 Å². The number of ether oxygens (including phenoxy) is 1. The Balaban J connectivity index is 1.27. The number of pyridine rings is 1. The molecule has 0 unspecified atom stereocenters. The van der Waals surface area contributed by atoms with Crippen molar-refractivity contribution in [3.8, 4) is 11.4 Å². The van der Waals surface area contributed by atoms with E-state index >= 15 is 0 Å². The van der Waals surface area contributed by atoms with Crippen molar-refractivity contribution in [2.45, 2.75) is 0 Å². The smallest absolute Gasteiger partial charge is 0.253 e. The lowest BCUT2D eigenvalue weighted by Gasteiger charge is -2.36. The molecule has 3 heterocycles. The summed E-state index contributed by atoms with van der Waals surface area (Å²) in [5.74, 6) is 0.880. The van der Waals surface area contributed by atoms with Crippen LogP contribution >= 0.6 is 0 Å². The first-order chi connectivity index (χ1) is 15.2. The molecule has 0 atom stereocenters. The molecule has 156 valence electrons. The van der Waals surface area contributed by atoms with Crippen LogP contribution in [-0.2, 0) is 0 Å². The summed E-state index contributed by atoms with van der Waals surface area (Å²) < 4.78 is 6.99. The van der Waals surface area contributed by atoms with Crippen LogP contribution in [0.2, 0.25) is 0 Å². The summed E-state index contributed by atoms with van der Waals surface area (Å²) in [7, 11) is 1.67. The lowest BCUT2D eigenvalue weighted by molar-refractivity contribution is 0.0747. The zero-order chi connectivity index (χ0) is 21.2. The molecule has 0 aliphatic carbocycles. The number of anilines is 1. The Labute approximate surface area is 179 Å². The van der Waals surface area contributed by atoms with Gasteiger partial charge in [0.2, 0.25) is 0 Å². The highest BCUT2D eigenvalue weighted by atomic mass is 16.5. The molecule has 5 rings (SSSR count). The number of hydrogen-bond acceptors (Lipinski definition) is 6. The van der Waals surface area contributed by atoms with E-state index in [2.05, 4.69) is 26.3 Å². The zero-order valence-electron chi connectivity index (χ0n) is 17.2. The Bertz CT molecular complexity index is 1210. The van der Waals surface area contributed by atoms with Gasteiger partial charge in [-0.05, 0) is 48.5 Å². The number of nitrogens with zero attached hydrogens (tertiary/aromatic N) is 6. The van der Waals surface area contributed by atoms with Crippen LogP contribution in [0, 0.1) is 0 Å². The number of methoxy groups -OCH3 is 1. The maximum absolute atomic E-state index is 13.0. The molecule has 8 nitrogen and oxygen atoms in total. The maximum atomic E-state index is 13.0. The van der Waals surface area contributed by atoms with Crippen molar-refractivity contribution in [3.05, 3.63) is 72.4 Å². The van der Waals surface area contributed by atoms with Crippen LogP contribution in [-0.4, -0.2) is 64.1 Å². The summed E-state index contributed by atoms with van der Waals surface area (Å²) in [6.07, 6.45) is 1.71. The van der Waals surface area contributed by atoms with Crippen molar-refractivity contribution in [2.75, 3.05) is 38.2 Å². The number of hydrogen-bond donors (Lipinski definition) is 0. The Kier molecular flexibility index (Phi) is 4.95. The topological polar surface area (TPSA) is 76.4 Å². The molecule has 1 amide bonds. The van der Waals surface area contributed by atoms with Crippen LogP contribution in [0.1, 0.15) is 10.4 Å². The Hall–Kier alpha value is -3.94. The van der Waals surface area contributed by atoms with Crippen LogP contribution in [0.4, 0.5) is 5.69 Å². The monoisotopic (exact) mass is 414 g/mol. The third-order valence-corrected chi connectivity index (χ3v) is 5.55. The van der Waals surface area contributed by atoms with E-state index in [1.165, 1.54) is 0 Å². The van der Waals surface area contributed by atoms with Gasteiger partial charge in [-0.15, -0.1) is 5.10 Å². The van der Waals surface area contributed by atoms with Crippen molar-refractivity contribution < 1.29 is 9.53 Å². The molecule has 0 saturated carbocycles. The van der Waals surface area contributed by atoms with Gasteiger partial charge in [0.25, 0.3) is 5.91 Å². The zero-order valence-corrected chi connectivity index (χ0v) is 17.2. The predicted molar refractivity (Wildman–Crippen MR) is 118 cm³/mol. The lowest BCUT2D eigenvalue weighted by atomic mass is 10.1. The molecule has 1 aliphatic heterocycles. The molecule has 8 heteroatoms. The molecule has 31 heavy (non-hydrogen) atoms. The molecular formula is C23H22N6O2. The molecule has 0 radical (unpaired) electrons. The lowest BCUT2D eigenvalue weighted by Crippen LogP contribution is -2.48. The van der Waals surface area contributed by atoms with Gasteiger partial charge >= 0.3 is 0 Å². The number of carbonyl (C=O) groups is 1. The highest BCUT2D eigenvalue weighted by Gasteiger charge is 2.22. The van der Waals surface area contributed by atoms with Gasteiger partial charge in [-0.1, -0.05) is 11.3 Å². The first-order valence-electron chi connectivity index (χ1n) is 10.2. The van der Waals surface area contributed by atoms with Gasteiger partial charge in [-0.2, -0.15) is 4.68 Å². The SMILES string of the molecule is COc1cccc(N2CCN(C(=O)c3ccc(-n4nnc5cccnc54)cc3)CC2)c1. The number of carbonyl (C=O) groups excluding carboxylic acids is 1. The molecule has 2 aromatic carbocycles. The van der Waals surface area contributed by atoms with Gasteiger partial charge in [-0.25, -0.2) is 4.98 Å². The fourth-order valence-corrected chi connectivity index (χ4v) is 3.84. The Morgan fingerprint density at radius 1 is 0.935 bits per heavy atom. The molecule has 0 spiro atoms. The van der Waals surface area contributed by atoms with E-state index in [0.717, 1.165) is 35.7 Å². The van der Waals surface area contributed by atoms with Crippen molar-refractivity contribution >= 4 is 22.8 Å². The summed E-state index contributed by atoms with van der Waals surface area (Å²) in [6.45, 7) is 2.92. The molecule has 4 aromatic rings. The average molecular weight is 414 g/mol. The minimum Gasteiger partial charge on any atom is -0.497 e. The summed E-state index contributed by atoms with van der Waals surface area (Å²) in [4.78, 5) is 21.5. The summed E-state index contributed by atoms with van der Waals surface area (Å²) in [5.41, 5.74) is 4.02. The average Bonchev–Trinajstić information content (AvgIpc) is 3.28. The molecule has 1 saturated heterocycles. The molecule has 0 N–H and O–H groups in total.